The van der Waals surface area contributed by atoms with Crippen LogP contribution in [0.5, 0.6) is 0 Å². The Morgan fingerprint density at radius 2 is 1.96 bits per heavy atom. The van der Waals surface area contributed by atoms with E-state index >= 15 is 0 Å². The molecule has 0 radical (unpaired) electrons. The van der Waals surface area contributed by atoms with Crippen LogP contribution in [-0.4, -0.2) is 47.9 Å². The van der Waals surface area contributed by atoms with Crippen LogP contribution < -0.4 is 0 Å². The van der Waals surface area contributed by atoms with Gasteiger partial charge in [-0.2, -0.15) is 5.26 Å². The second-order valence-corrected chi connectivity index (χ2v) is 7.95. The van der Waals surface area contributed by atoms with E-state index in [0.717, 1.165) is 37.2 Å². The van der Waals surface area contributed by atoms with E-state index in [-0.39, 0.29) is 11.9 Å². The minimum Gasteiger partial charge on any atom is -0.335 e. The standard InChI is InChI=1S/C19H29N3OS/c1-5-7-17-15(6-2)12-18(24-17)19(23)22-10-8-21(9-11-22)16(13-20)14(3)4/h12,14,16H,5-11H2,1-4H3/t16-/m0/s1. The maximum atomic E-state index is 12.8. The second kappa shape index (κ2) is 8.64. The number of nitrogens with zero attached hydrogens (tertiary/aromatic N) is 3. The fourth-order valence-corrected chi connectivity index (χ4v) is 4.64. The molecule has 24 heavy (non-hydrogen) atoms. The Labute approximate surface area is 150 Å². The number of carbonyl (C=O) groups excluding carboxylic acids is 1. The van der Waals surface area contributed by atoms with Gasteiger partial charge in [0.1, 0.15) is 6.04 Å². The number of piperazine rings is 1. The molecule has 2 heterocycles. The third-order valence-electron chi connectivity index (χ3n) is 4.72. The van der Waals surface area contributed by atoms with Crippen molar-refractivity contribution in [2.75, 3.05) is 26.2 Å². The minimum absolute atomic E-state index is 0.0492. The summed E-state index contributed by atoms with van der Waals surface area (Å²) in [5.41, 5.74) is 1.33. The van der Waals surface area contributed by atoms with E-state index in [1.54, 1.807) is 11.3 Å². The highest BCUT2D eigenvalue weighted by Gasteiger charge is 2.28. The fourth-order valence-electron chi connectivity index (χ4n) is 3.32. The van der Waals surface area contributed by atoms with Crippen LogP contribution in [0.4, 0.5) is 0 Å². The van der Waals surface area contributed by atoms with Gasteiger partial charge in [0.2, 0.25) is 0 Å². The topological polar surface area (TPSA) is 47.3 Å². The van der Waals surface area contributed by atoms with Crippen molar-refractivity contribution >= 4 is 17.2 Å². The summed E-state index contributed by atoms with van der Waals surface area (Å²) in [4.78, 5) is 19.2. The Hall–Kier alpha value is -1.38. The van der Waals surface area contributed by atoms with Crippen molar-refractivity contribution in [2.45, 2.75) is 53.0 Å². The van der Waals surface area contributed by atoms with Crippen LogP contribution in [0.15, 0.2) is 6.07 Å². The molecule has 0 N–H and O–H groups in total. The molecular weight excluding hydrogens is 318 g/mol. The summed E-state index contributed by atoms with van der Waals surface area (Å²) in [6.07, 6.45) is 3.17. The van der Waals surface area contributed by atoms with Gasteiger partial charge >= 0.3 is 0 Å². The number of hydrogen-bond acceptors (Lipinski definition) is 4. The van der Waals surface area contributed by atoms with Crippen LogP contribution in [0.3, 0.4) is 0 Å². The van der Waals surface area contributed by atoms with Crippen molar-refractivity contribution in [2.24, 2.45) is 5.92 Å². The highest BCUT2D eigenvalue weighted by molar-refractivity contribution is 7.14. The molecule has 1 aromatic heterocycles. The summed E-state index contributed by atoms with van der Waals surface area (Å²) in [7, 11) is 0. The normalized spacial score (nSPS) is 17.1. The minimum atomic E-state index is -0.0492. The zero-order chi connectivity index (χ0) is 17.7. The number of aryl methyl sites for hydroxylation is 2. The Balaban J connectivity index is 2.01. The van der Waals surface area contributed by atoms with Crippen LogP contribution >= 0.6 is 11.3 Å². The van der Waals surface area contributed by atoms with Gasteiger partial charge in [0.05, 0.1) is 10.9 Å². The third-order valence-corrected chi connectivity index (χ3v) is 5.95. The van der Waals surface area contributed by atoms with Crippen molar-refractivity contribution in [3.63, 3.8) is 0 Å². The lowest BCUT2D eigenvalue weighted by Gasteiger charge is -2.38. The van der Waals surface area contributed by atoms with E-state index in [0.29, 0.717) is 19.0 Å². The maximum absolute atomic E-state index is 12.8. The molecule has 0 saturated carbocycles. The van der Waals surface area contributed by atoms with Gasteiger partial charge in [-0.15, -0.1) is 11.3 Å². The highest BCUT2D eigenvalue weighted by atomic mass is 32.1. The van der Waals surface area contributed by atoms with Gasteiger partial charge in [0.25, 0.3) is 5.91 Å². The van der Waals surface area contributed by atoms with Crippen molar-refractivity contribution in [1.82, 2.24) is 9.80 Å². The van der Waals surface area contributed by atoms with Crippen LogP contribution in [-0.2, 0) is 12.8 Å². The lowest BCUT2D eigenvalue weighted by Crippen LogP contribution is -2.52. The number of thiophene rings is 1. The van der Waals surface area contributed by atoms with Gasteiger partial charge in [-0.1, -0.05) is 34.1 Å². The van der Waals surface area contributed by atoms with Gasteiger partial charge in [0.15, 0.2) is 0 Å². The van der Waals surface area contributed by atoms with Crippen LogP contribution in [0.1, 0.15) is 54.2 Å². The van der Waals surface area contributed by atoms with E-state index in [9.17, 15) is 10.1 Å². The number of amides is 1. The quantitative estimate of drug-likeness (QED) is 0.790. The molecule has 5 heteroatoms. The SMILES string of the molecule is CCCc1sc(C(=O)N2CCN([C@@H](C#N)C(C)C)CC2)cc1CC. The lowest BCUT2D eigenvalue weighted by atomic mass is 10.0. The van der Waals surface area contributed by atoms with Crippen molar-refractivity contribution in [3.8, 4) is 6.07 Å². The molecule has 0 unspecified atom stereocenters. The average molecular weight is 348 g/mol. The molecule has 1 fully saturated rings. The molecule has 1 saturated heterocycles. The Morgan fingerprint density at radius 3 is 2.46 bits per heavy atom. The van der Waals surface area contributed by atoms with Gasteiger partial charge in [-0.05, 0) is 30.4 Å². The van der Waals surface area contributed by atoms with E-state index in [4.69, 9.17) is 0 Å². The van der Waals surface area contributed by atoms with E-state index in [1.807, 2.05) is 4.90 Å². The molecule has 0 aliphatic carbocycles. The summed E-state index contributed by atoms with van der Waals surface area (Å²) >= 11 is 1.67. The Morgan fingerprint density at radius 1 is 1.29 bits per heavy atom. The van der Waals surface area contributed by atoms with Crippen LogP contribution in [0.25, 0.3) is 0 Å². The van der Waals surface area contributed by atoms with E-state index < -0.39 is 0 Å². The summed E-state index contributed by atoms with van der Waals surface area (Å²) < 4.78 is 0. The van der Waals surface area contributed by atoms with Crippen molar-refractivity contribution in [3.05, 3.63) is 21.4 Å². The lowest BCUT2D eigenvalue weighted by molar-refractivity contribution is 0.0581. The predicted octanol–water partition coefficient (Wildman–Crippen LogP) is 3.57. The molecule has 1 aromatic rings. The molecule has 1 aliphatic rings. The van der Waals surface area contributed by atoms with Crippen LogP contribution in [0.2, 0.25) is 0 Å². The smallest absolute Gasteiger partial charge is 0.264 e. The van der Waals surface area contributed by atoms with Crippen LogP contribution in [0, 0.1) is 17.2 Å². The fraction of sp³-hybridized carbons (Fsp3) is 0.684. The summed E-state index contributed by atoms with van der Waals surface area (Å²) in [5.74, 6) is 0.480. The average Bonchev–Trinajstić information content (AvgIpc) is 2.98. The summed E-state index contributed by atoms with van der Waals surface area (Å²) in [6.45, 7) is 11.5. The molecule has 1 aliphatic heterocycles. The van der Waals surface area contributed by atoms with Crippen molar-refractivity contribution < 1.29 is 4.79 Å². The van der Waals surface area contributed by atoms with E-state index in [2.05, 4.69) is 44.7 Å². The molecule has 4 nitrogen and oxygen atoms in total. The Bertz CT molecular complexity index is 594. The summed E-state index contributed by atoms with van der Waals surface area (Å²) in [5, 5.41) is 9.34. The number of carbonyl (C=O) groups is 1. The third kappa shape index (κ3) is 4.17. The number of hydrogen-bond donors (Lipinski definition) is 0. The first-order chi connectivity index (χ1) is 11.5. The first-order valence-corrected chi connectivity index (χ1v) is 9.87. The molecule has 2 rings (SSSR count). The molecule has 1 amide bonds. The first-order valence-electron chi connectivity index (χ1n) is 9.06. The maximum Gasteiger partial charge on any atom is 0.264 e. The molecule has 0 bridgehead atoms. The zero-order valence-electron chi connectivity index (χ0n) is 15.3. The number of rotatable bonds is 6. The first kappa shape index (κ1) is 19.0. The predicted molar refractivity (Wildman–Crippen MR) is 99.4 cm³/mol. The molecule has 0 spiro atoms. The molecule has 1 atom stereocenters. The van der Waals surface area contributed by atoms with Gasteiger partial charge < -0.3 is 4.90 Å². The highest BCUT2D eigenvalue weighted by Crippen LogP contribution is 2.26. The Kier molecular flexibility index (Phi) is 6.82. The van der Waals surface area contributed by atoms with Crippen molar-refractivity contribution in [1.29, 1.82) is 5.26 Å². The molecule has 0 aromatic carbocycles. The summed E-state index contributed by atoms with van der Waals surface area (Å²) in [6, 6.07) is 4.45. The zero-order valence-corrected chi connectivity index (χ0v) is 16.2. The second-order valence-electron chi connectivity index (χ2n) is 6.81. The van der Waals surface area contributed by atoms with E-state index in [1.165, 1.54) is 10.4 Å². The van der Waals surface area contributed by atoms with Gasteiger partial charge in [-0.25, -0.2) is 0 Å². The van der Waals surface area contributed by atoms with Gasteiger partial charge in [-0.3, -0.25) is 9.69 Å². The monoisotopic (exact) mass is 347 g/mol. The largest absolute Gasteiger partial charge is 0.335 e. The molecule has 132 valence electrons. The molecular formula is C19H29N3OS. The number of nitriles is 1. The van der Waals surface area contributed by atoms with Gasteiger partial charge in [0, 0.05) is 31.1 Å².